The van der Waals surface area contributed by atoms with E-state index in [2.05, 4.69) is 11.0 Å². The van der Waals surface area contributed by atoms with Crippen LogP contribution in [0.5, 0.6) is 5.75 Å². The first-order chi connectivity index (χ1) is 12.3. The van der Waals surface area contributed by atoms with Crippen molar-refractivity contribution in [3.8, 4) is 5.75 Å². The zero-order chi connectivity index (χ0) is 17.5. The van der Waals surface area contributed by atoms with Crippen LogP contribution in [0.2, 0.25) is 0 Å². The first kappa shape index (κ1) is 17.5. The summed E-state index contributed by atoms with van der Waals surface area (Å²) < 4.78 is 10.6. The van der Waals surface area contributed by atoms with Gasteiger partial charge < -0.3 is 9.47 Å². The summed E-state index contributed by atoms with van der Waals surface area (Å²) in [5.41, 5.74) is 2.86. The molecule has 4 heteroatoms. The molecule has 1 aliphatic heterocycles. The third kappa shape index (κ3) is 4.83. The highest BCUT2D eigenvalue weighted by Crippen LogP contribution is 2.18. The summed E-state index contributed by atoms with van der Waals surface area (Å²) in [6, 6.07) is 15.2. The first-order valence-corrected chi connectivity index (χ1v) is 8.86. The van der Waals surface area contributed by atoms with Gasteiger partial charge in [-0.15, -0.1) is 0 Å². The number of esters is 1. The summed E-state index contributed by atoms with van der Waals surface area (Å²) >= 11 is 0. The fraction of sp³-hybridized carbons (Fsp3) is 0.381. The fourth-order valence-electron chi connectivity index (χ4n) is 3.16. The van der Waals surface area contributed by atoms with Gasteiger partial charge >= 0.3 is 5.97 Å². The van der Waals surface area contributed by atoms with Crippen LogP contribution in [0, 0.1) is 0 Å². The SMILES string of the molecule is COc1ccc(C(=O)OCc2ccccc2CN2CCCCC2)cc1. The van der Waals surface area contributed by atoms with Crippen LogP contribution in [-0.4, -0.2) is 31.1 Å². The number of carbonyl (C=O) groups is 1. The molecule has 0 bridgehead atoms. The summed E-state index contributed by atoms with van der Waals surface area (Å²) in [4.78, 5) is 14.7. The van der Waals surface area contributed by atoms with Crippen molar-refractivity contribution >= 4 is 5.97 Å². The van der Waals surface area contributed by atoms with E-state index in [1.165, 1.54) is 24.8 Å². The Bertz CT molecular complexity index is 691. The minimum Gasteiger partial charge on any atom is -0.497 e. The summed E-state index contributed by atoms with van der Waals surface area (Å²) in [5.74, 6) is 0.416. The predicted molar refractivity (Wildman–Crippen MR) is 97.7 cm³/mol. The molecule has 2 aromatic carbocycles. The Morgan fingerprint density at radius 2 is 1.64 bits per heavy atom. The van der Waals surface area contributed by atoms with Crippen molar-refractivity contribution in [3.63, 3.8) is 0 Å². The van der Waals surface area contributed by atoms with E-state index < -0.39 is 0 Å². The Kier molecular flexibility index (Phi) is 6.07. The van der Waals surface area contributed by atoms with Crippen molar-refractivity contribution in [2.75, 3.05) is 20.2 Å². The van der Waals surface area contributed by atoms with Crippen LogP contribution in [0.4, 0.5) is 0 Å². The number of carbonyl (C=O) groups excluding carboxylic acids is 1. The highest BCUT2D eigenvalue weighted by molar-refractivity contribution is 5.89. The smallest absolute Gasteiger partial charge is 0.338 e. The van der Waals surface area contributed by atoms with Gasteiger partial charge in [0.25, 0.3) is 0 Å². The molecule has 0 aliphatic carbocycles. The summed E-state index contributed by atoms with van der Waals surface area (Å²) in [7, 11) is 1.60. The van der Waals surface area contributed by atoms with E-state index >= 15 is 0 Å². The molecule has 2 aromatic rings. The van der Waals surface area contributed by atoms with E-state index in [1.54, 1.807) is 31.4 Å². The number of hydrogen-bond donors (Lipinski definition) is 0. The summed E-state index contributed by atoms with van der Waals surface area (Å²) in [5, 5.41) is 0. The lowest BCUT2D eigenvalue weighted by molar-refractivity contribution is 0.0470. The maximum Gasteiger partial charge on any atom is 0.338 e. The lowest BCUT2D eigenvalue weighted by Crippen LogP contribution is -2.29. The molecule has 1 aliphatic rings. The van der Waals surface area contributed by atoms with Gasteiger partial charge in [0.15, 0.2) is 0 Å². The number of methoxy groups -OCH3 is 1. The van der Waals surface area contributed by atoms with Gasteiger partial charge in [0.2, 0.25) is 0 Å². The molecule has 0 atom stereocenters. The Morgan fingerprint density at radius 3 is 2.32 bits per heavy atom. The molecule has 1 fully saturated rings. The molecule has 1 saturated heterocycles. The maximum absolute atomic E-state index is 12.2. The van der Waals surface area contributed by atoms with Crippen LogP contribution < -0.4 is 4.74 Å². The lowest BCUT2D eigenvalue weighted by atomic mass is 10.1. The summed E-state index contributed by atoms with van der Waals surface area (Å²) in [6.07, 6.45) is 3.88. The number of benzene rings is 2. The van der Waals surface area contributed by atoms with Crippen LogP contribution in [-0.2, 0) is 17.9 Å². The van der Waals surface area contributed by atoms with Crippen LogP contribution in [0.15, 0.2) is 48.5 Å². The number of nitrogens with zero attached hydrogens (tertiary/aromatic N) is 1. The number of likely N-dealkylation sites (tertiary alicyclic amines) is 1. The average Bonchev–Trinajstić information content (AvgIpc) is 2.68. The minimum atomic E-state index is -0.310. The Labute approximate surface area is 149 Å². The molecular weight excluding hydrogens is 314 g/mol. The third-order valence-electron chi connectivity index (χ3n) is 4.65. The van der Waals surface area contributed by atoms with Crippen molar-refractivity contribution in [2.45, 2.75) is 32.4 Å². The van der Waals surface area contributed by atoms with Crippen molar-refractivity contribution < 1.29 is 14.3 Å². The molecule has 1 heterocycles. The molecule has 3 rings (SSSR count). The molecule has 0 aromatic heterocycles. The van der Waals surface area contributed by atoms with E-state index in [4.69, 9.17) is 9.47 Å². The molecule has 25 heavy (non-hydrogen) atoms. The predicted octanol–water partition coefficient (Wildman–Crippen LogP) is 4.04. The maximum atomic E-state index is 12.2. The van der Waals surface area contributed by atoms with Gasteiger partial charge in [-0.1, -0.05) is 30.7 Å². The van der Waals surface area contributed by atoms with E-state index in [-0.39, 0.29) is 5.97 Å². The van der Waals surface area contributed by atoms with Crippen molar-refractivity contribution in [1.82, 2.24) is 4.90 Å². The molecule has 0 N–H and O–H groups in total. The second kappa shape index (κ2) is 8.67. The molecule has 0 amide bonds. The molecule has 132 valence electrons. The Balaban J connectivity index is 1.61. The van der Waals surface area contributed by atoms with Crippen molar-refractivity contribution in [2.24, 2.45) is 0 Å². The zero-order valence-corrected chi connectivity index (χ0v) is 14.7. The number of hydrogen-bond acceptors (Lipinski definition) is 4. The second-order valence-electron chi connectivity index (χ2n) is 6.41. The Morgan fingerprint density at radius 1 is 0.960 bits per heavy atom. The topological polar surface area (TPSA) is 38.8 Å². The molecule has 4 nitrogen and oxygen atoms in total. The number of rotatable bonds is 6. The van der Waals surface area contributed by atoms with Gasteiger partial charge in [0.1, 0.15) is 12.4 Å². The van der Waals surface area contributed by atoms with Crippen molar-refractivity contribution in [3.05, 3.63) is 65.2 Å². The normalized spacial score (nSPS) is 14.9. The van der Waals surface area contributed by atoms with E-state index in [0.717, 1.165) is 30.9 Å². The third-order valence-corrected chi connectivity index (χ3v) is 4.65. The van der Waals surface area contributed by atoms with Crippen LogP contribution >= 0.6 is 0 Å². The van der Waals surface area contributed by atoms with Crippen LogP contribution in [0.1, 0.15) is 40.7 Å². The van der Waals surface area contributed by atoms with Gasteiger partial charge in [-0.05, 0) is 61.3 Å². The first-order valence-electron chi connectivity index (χ1n) is 8.86. The molecule has 0 saturated carbocycles. The minimum absolute atomic E-state index is 0.300. The number of piperidine rings is 1. The zero-order valence-electron chi connectivity index (χ0n) is 14.7. The molecular formula is C21H25NO3. The van der Waals surface area contributed by atoms with Gasteiger partial charge in [-0.2, -0.15) is 0 Å². The monoisotopic (exact) mass is 339 g/mol. The van der Waals surface area contributed by atoms with E-state index in [9.17, 15) is 4.79 Å². The lowest BCUT2D eigenvalue weighted by Gasteiger charge is -2.27. The van der Waals surface area contributed by atoms with Gasteiger partial charge in [0.05, 0.1) is 12.7 Å². The molecule has 0 spiro atoms. The highest BCUT2D eigenvalue weighted by Gasteiger charge is 2.14. The van der Waals surface area contributed by atoms with Crippen LogP contribution in [0.3, 0.4) is 0 Å². The standard InChI is InChI=1S/C21H25NO3/c1-24-20-11-9-17(10-12-20)21(23)25-16-19-8-4-3-7-18(19)15-22-13-5-2-6-14-22/h3-4,7-12H,2,5-6,13-16H2,1H3. The average molecular weight is 339 g/mol. The van der Waals surface area contributed by atoms with Gasteiger partial charge in [0, 0.05) is 6.54 Å². The van der Waals surface area contributed by atoms with E-state index in [1.807, 2.05) is 18.2 Å². The molecule has 0 radical (unpaired) electrons. The Hall–Kier alpha value is -2.33. The van der Waals surface area contributed by atoms with Crippen molar-refractivity contribution in [1.29, 1.82) is 0 Å². The highest BCUT2D eigenvalue weighted by atomic mass is 16.5. The van der Waals surface area contributed by atoms with Gasteiger partial charge in [-0.3, -0.25) is 4.90 Å². The summed E-state index contributed by atoms with van der Waals surface area (Å²) in [6.45, 7) is 3.53. The van der Waals surface area contributed by atoms with Gasteiger partial charge in [-0.25, -0.2) is 4.79 Å². The molecule has 0 unspecified atom stereocenters. The largest absolute Gasteiger partial charge is 0.497 e. The quantitative estimate of drug-likeness (QED) is 0.745. The second-order valence-corrected chi connectivity index (χ2v) is 6.41. The van der Waals surface area contributed by atoms with Crippen LogP contribution in [0.25, 0.3) is 0 Å². The fourth-order valence-corrected chi connectivity index (χ4v) is 3.16. The number of ether oxygens (including phenoxy) is 2. The van der Waals surface area contributed by atoms with E-state index in [0.29, 0.717) is 12.2 Å².